The highest BCUT2D eigenvalue weighted by atomic mass is 15.1. The molecule has 0 radical (unpaired) electrons. The van der Waals surface area contributed by atoms with Gasteiger partial charge in [-0.1, -0.05) is 26.7 Å². The second-order valence-corrected chi connectivity index (χ2v) is 6.68. The van der Waals surface area contributed by atoms with Crippen LogP contribution in [-0.4, -0.2) is 36.6 Å². The summed E-state index contributed by atoms with van der Waals surface area (Å²) in [7, 11) is 0. The highest BCUT2D eigenvalue weighted by Gasteiger charge is 2.42. The van der Waals surface area contributed by atoms with Gasteiger partial charge in [0.2, 0.25) is 0 Å². The Morgan fingerprint density at radius 2 is 2.05 bits per heavy atom. The average Bonchev–Trinajstić information content (AvgIpc) is 2.81. The van der Waals surface area contributed by atoms with Crippen LogP contribution in [0.1, 0.15) is 58.8 Å². The molecule has 114 valence electrons. The highest BCUT2D eigenvalue weighted by molar-refractivity contribution is 5.14. The molecule has 0 aromatic heterocycles. The fourth-order valence-corrected chi connectivity index (χ4v) is 3.96. The minimum atomic E-state index is -0.232. The monoisotopic (exact) mass is 277 g/mol. The van der Waals surface area contributed by atoms with Gasteiger partial charge >= 0.3 is 0 Å². The second kappa shape index (κ2) is 7.43. The van der Waals surface area contributed by atoms with Crippen LogP contribution >= 0.6 is 0 Å². The van der Waals surface area contributed by atoms with E-state index in [1.807, 2.05) is 0 Å². The summed E-state index contributed by atoms with van der Waals surface area (Å²) in [5.74, 6) is 1.50. The Kier molecular flexibility index (Phi) is 5.86. The van der Waals surface area contributed by atoms with E-state index in [-0.39, 0.29) is 5.54 Å². The number of hydrogen-bond donors (Lipinski definition) is 1. The maximum absolute atomic E-state index is 9.61. The van der Waals surface area contributed by atoms with Crippen LogP contribution in [0, 0.1) is 23.2 Å². The molecule has 2 fully saturated rings. The molecule has 0 aromatic rings. The topological polar surface area (TPSA) is 39.1 Å². The van der Waals surface area contributed by atoms with Gasteiger partial charge in [0.15, 0.2) is 0 Å². The fourth-order valence-electron chi connectivity index (χ4n) is 3.96. The Morgan fingerprint density at radius 1 is 1.25 bits per heavy atom. The summed E-state index contributed by atoms with van der Waals surface area (Å²) in [6.07, 6.45) is 8.95. The van der Waals surface area contributed by atoms with Crippen LogP contribution in [-0.2, 0) is 0 Å². The molecule has 0 heterocycles. The Hall–Kier alpha value is -0.590. The third-order valence-electron chi connectivity index (χ3n) is 5.49. The van der Waals surface area contributed by atoms with Gasteiger partial charge in [0.05, 0.1) is 6.07 Å². The molecule has 2 aliphatic rings. The smallest absolute Gasteiger partial charge is 0.109 e. The second-order valence-electron chi connectivity index (χ2n) is 6.68. The van der Waals surface area contributed by atoms with Crippen molar-refractivity contribution in [3.8, 4) is 6.07 Å². The van der Waals surface area contributed by atoms with Gasteiger partial charge in [0.25, 0.3) is 0 Å². The summed E-state index contributed by atoms with van der Waals surface area (Å²) in [6.45, 7) is 8.91. The molecule has 20 heavy (non-hydrogen) atoms. The number of nitrogens with one attached hydrogen (secondary N) is 1. The van der Waals surface area contributed by atoms with Crippen LogP contribution in [0.2, 0.25) is 0 Å². The van der Waals surface area contributed by atoms with E-state index in [9.17, 15) is 5.26 Å². The summed E-state index contributed by atoms with van der Waals surface area (Å²) in [6, 6.07) is 2.60. The Balaban J connectivity index is 1.82. The molecule has 2 rings (SSSR count). The van der Waals surface area contributed by atoms with Crippen molar-refractivity contribution in [1.29, 1.82) is 5.26 Å². The molecule has 0 spiro atoms. The van der Waals surface area contributed by atoms with Crippen LogP contribution in [0.3, 0.4) is 0 Å². The van der Waals surface area contributed by atoms with Crippen molar-refractivity contribution in [1.82, 2.24) is 10.2 Å². The van der Waals surface area contributed by atoms with E-state index >= 15 is 0 Å². The molecule has 2 aliphatic carbocycles. The highest BCUT2D eigenvalue weighted by Crippen LogP contribution is 2.37. The third-order valence-corrected chi connectivity index (χ3v) is 5.49. The van der Waals surface area contributed by atoms with Crippen molar-refractivity contribution in [2.24, 2.45) is 11.8 Å². The number of nitrogens with zero attached hydrogens (tertiary/aromatic N) is 2. The molecular formula is C17H31N3. The molecule has 2 atom stereocenters. The van der Waals surface area contributed by atoms with Crippen LogP contribution in [0.25, 0.3) is 0 Å². The Bertz CT molecular complexity index is 332. The number of nitriles is 1. The quantitative estimate of drug-likeness (QED) is 0.740. The van der Waals surface area contributed by atoms with Gasteiger partial charge in [0, 0.05) is 6.54 Å². The lowest BCUT2D eigenvalue weighted by molar-refractivity contribution is 0.167. The van der Waals surface area contributed by atoms with Crippen LogP contribution in [0.15, 0.2) is 0 Å². The standard InChI is InChI=1S/C17H31N3/c1-3-19-17(14-18)11-6-9-16(17)10-12-20(4-2)13-15-7-5-8-15/h15-16,19H,3-13H2,1-2H3. The fraction of sp³-hybridized carbons (Fsp3) is 0.941. The predicted molar refractivity (Wildman–Crippen MR) is 83.4 cm³/mol. The van der Waals surface area contributed by atoms with Crippen molar-refractivity contribution >= 4 is 0 Å². The maximum Gasteiger partial charge on any atom is 0.109 e. The van der Waals surface area contributed by atoms with Crippen molar-refractivity contribution < 1.29 is 0 Å². The minimum absolute atomic E-state index is 0.232. The van der Waals surface area contributed by atoms with E-state index in [1.165, 1.54) is 51.6 Å². The Morgan fingerprint density at radius 3 is 2.60 bits per heavy atom. The van der Waals surface area contributed by atoms with Gasteiger partial charge in [-0.3, -0.25) is 5.32 Å². The van der Waals surface area contributed by atoms with E-state index in [1.54, 1.807) is 0 Å². The summed E-state index contributed by atoms with van der Waals surface area (Å²) in [5.41, 5.74) is -0.232. The van der Waals surface area contributed by atoms with E-state index in [0.717, 1.165) is 25.4 Å². The molecule has 0 saturated heterocycles. The molecular weight excluding hydrogens is 246 g/mol. The van der Waals surface area contributed by atoms with E-state index < -0.39 is 0 Å². The third kappa shape index (κ3) is 3.54. The van der Waals surface area contributed by atoms with Crippen LogP contribution in [0.5, 0.6) is 0 Å². The SMILES string of the molecule is CCNC1(C#N)CCCC1CCN(CC)CC1CCC1. The normalized spacial score (nSPS) is 30.4. The first-order valence-electron chi connectivity index (χ1n) is 8.62. The number of rotatable bonds is 8. The molecule has 0 amide bonds. The average molecular weight is 277 g/mol. The van der Waals surface area contributed by atoms with Gasteiger partial charge in [0.1, 0.15) is 5.54 Å². The molecule has 2 saturated carbocycles. The van der Waals surface area contributed by atoms with E-state index in [2.05, 4.69) is 30.1 Å². The first-order valence-corrected chi connectivity index (χ1v) is 8.62. The summed E-state index contributed by atoms with van der Waals surface area (Å²) in [4.78, 5) is 2.61. The first kappa shape index (κ1) is 15.8. The minimum Gasteiger partial charge on any atom is -0.303 e. The first-order chi connectivity index (χ1) is 9.74. The van der Waals surface area contributed by atoms with Crippen molar-refractivity contribution in [2.45, 2.75) is 64.3 Å². The molecule has 0 bridgehead atoms. The zero-order chi connectivity index (χ0) is 14.4. The summed E-state index contributed by atoms with van der Waals surface area (Å²) < 4.78 is 0. The molecule has 2 unspecified atom stereocenters. The molecule has 1 N–H and O–H groups in total. The van der Waals surface area contributed by atoms with Gasteiger partial charge < -0.3 is 4.90 Å². The van der Waals surface area contributed by atoms with Crippen LogP contribution in [0.4, 0.5) is 0 Å². The van der Waals surface area contributed by atoms with Crippen molar-refractivity contribution in [3.63, 3.8) is 0 Å². The number of hydrogen-bond acceptors (Lipinski definition) is 3. The maximum atomic E-state index is 9.61. The lowest BCUT2D eigenvalue weighted by Crippen LogP contribution is -2.48. The molecule has 0 aromatic carbocycles. The van der Waals surface area contributed by atoms with Crippen molar-refractivity contribution in [3.05, 3.63) is 0 Å². The van der Waals surface area contributed by atoms with Crippen molar-refractivity contribution in [2.75, 3.05) is 26.2 Å². The lowest BCUT2D eigenvalue weighted by Gasteiger charge is -2.34. The largest absolute Gasteiger partial charge is 0.303 e. The van der Waals surface area contributed by atoms with Gasteiger partial charge in [-0.25, -0.2) is 0 Å². The van der Waals surface area contributed by atoms with Gasteiger partial charge in [-0.15, -0.1) is 0 Å². The lowest BCUT2D eigenvalue weighted by atomic mass is 9.84. The summed E-state index contributed by atoms with van der Waals surface area (Å²) in [5, 5.41) is 13.1. The Labute approximate surface area is 124 Å². The van der Waals surface area contributed by atoms with E-state index in [4.69, 9.17) is 0 Å². The zero-order valence-electron chi connectivity index (χ0n) is 13.3. The predicted octanol–water partition coefficient (Wildman–Crippen LogP) is 3.17. The molecule has 0 aliphatic heterocycles. The molecule has 3 heteroatoms. The summed E-state index contributed by atoms with van der Waals surface area (Å²) >= 11 is 0. The van der Waals surface area contributed by atoms with E-state index in [0.29, 0.717) is 5.92 Å². The van der Waals surface area contributed by atoms with Gasteiger partial charge in [-0.2, -0.15) is 5.26 Å². The van der Waals surface area contributed by atoms with Gasteiger partial charge in [-0.05, 0) is 63.6 Å². The van der Waals surface area contributed by atoms with Crippen LogP contribution < -0.4 is 5.32 Å². The molecule has 3 nitrogen and oxygen atoms in total. The zero-order valence-corrected chi connectivity index (χ0v) is 13.3.